The first-order chi connectivity index (χ1) is 3.91. The second kappa shape index (κ2) is 6.94. The van der Waals surface area contributed by atoms with Gasteiger partial charge >= 0.3 is 7.62 Å². The van der Waals surface area contributed by atoms with Crippen LogP contribution in [-0.2, 0) is 4.65 Å². The van der Waals surface area contributed by atoms with Gasteiger partial charge in [0, 0.05) is 7.11 Å². The molecule has 0 aromatic rings. The van der Waals surface area contributed by atoms with E-state index in [4.69, 9.17) is 5.73 Å². The molecule has 0 atom stereocenters. The third-order valence-corrected chi connectivity index (χ3v) is 0.726. The summed E-state index contributed by atoms with van der Waals surface area (Å²) in [6.07, 6.45) is 0.986. The molecule has 0 bridgehead atoms. The third-order valence-electron chi connectivity index (χ3n) is 0.726. The smallest absolute Gasteiger partial charge is 0.395 e. The van der Waals surface area contributed by atoms with E-state index in [0.29, 0.717) is 0 Å². The lowest BCUT2D eigenvalue weighted by Gasteiger charge is -1.96. The van der Waals surface area contributed by atoms with Gasteiger partial charge in [-0.3, -0.25) is 0 Å². The monoisotopic (exact) mass is 115 g/mol. The van der Waals surface area contributed by atoms with Gasteiger partial charge in [0.25, 0.3) is 0 Å². The van der Waals surface area contributed by atoms with Crippen LogP contribution in [0.5, 0.6) is 0 Å². The highest BCUT2D eigenvalue weighted by Gasteiger charge is 1.84. The molecule has 3 N–H and O–H groups in total. The van der Waals surface area contributed by atoms with Gasteiger partial charge in [-0.05, 0) is 19.5 Å². The van der Waals surface area contributed by atoms with Crippen molar-refractivity contribution in [2.75, 3.05) is 20.2 Å². The Balaban J connectivity index is 2.53. The van der Waals surface area contributed by atoms with Crippen LogP contribution in [0.15, 0.2) is 0 Å². The number of nitrogens with one attached hydrogen (secondary N) is 1. The Morgan fingerprint density at radius 1 is 1.75 bits per heavy atom. The van der Waals surface area contributed by atoms with Gasteiger partial charge in [0.1, 0.15) is 0 Å². The van der Waals surface area contributed by atoms with Gasteiger partial charge in [-0.2, -0.15) is 0 Å². The topological polar surface area (TPSA) is 47.3 Å². The van der Waals surface area contributed by atoms with Crippen molar-refractivity contribution in [1.29, 1.82) is 0 Å². The predicted molar refractivity (Wildman–Crippen MR) is 34.4 cm³/mol. The Morgan fingerprint density at radius 3 is 3.00 bits per heavy atom. The van der Waals surface area contributed by atoms with Crippen molar-refractivity contribution in [1.82, 2.24) is 5.23 Å². The summed E-state index contributed by atoms with van der Waals surface area (Å²) in [7, 11) is 3.16. The largest absolute Gasteiger partial charge is 0.427 e. The van der Waals surface area contributed by atoms with E-state index in [2.05, 4.69) is 9.88 Å². The van der Waals surface area contributed by atoms with Gasteiger partial charge in [-0.15, -0.1) is 0 Å². The molecule has 4 heteroatoms. The summed E-state index contributed by atoms with van der Waals surface area (Å²) < 4.78 is 4.61. The minimum atomic E-state index is 0.727. The van der Waals surface area contributed by atoms with Gasteiger partial charge in [-0.1, -0.05) is 0 Å². The second-order valence-corrected chi connectivity index (χ2v) is 1.45. The van der Waals surface area contributed by atoms with Gasteiger partial charge in [0.05, 0.1) is 0 Å². The normalized spacial score (nSPS) is 9.25. The lowest BCUT2D eigenvalue weighted by Crippen LogP contribution is -2.23. The van der Waals surface area contributed by atoms with Crippen molar-refractivity contribution in [2.45, 2.75) is 6.42 Å². The quantitative estimate of drug-likeness (QED) is 0.360. The Kier molecular flexibility index (Phi) is 6.90. The number of hydrogen-bond acceptors (Lipinski definition) is 3. The SMILES string of the molecule is CO[B]NCCCN. The second-order valence-electron chi connectivity index (χ2n) is 1.45. The van der Waals surface area contributed by atoms with E-state index in [0.717, 1.165) is 19.5 Å². The van der Waals surface area contributed by atoms with E-state index in [1.165, 1.54) is 0 Å². The molecule has 0 aromatic carbocycles. The van der Waals surface area contributed by atoms with Gasteiger partial charge in [0.15, 0.2) is 0 Å². The molecule has 0 fully saturated rings. The average molecular weight is 115 g/mol. The van der Waals surface area contributed by atoms with Crippen LogP contribution in [0.2, 0.25) is 0 Å². The van der Waals surface area contributed by atoms with Crippen molar-refractivity contribution < 1.29 is 4.65 Å². The molecule has 47 valence electrons. The molecule has 0 saturated heterocycles. The van der Waals surface area contributed by atoms with Crippen LogP contribution in [-0.4, -0.2) is 27.8 Å². The minimum absolute atomic E-state index is 0.727. The van der Waals surface area contributed by atoms with E-state index in [1.807, 2.05) is 0 Å². The Hall–Kier alpha value is -0.0551. The molecule has 1 radical (unpaired) electrons. The highest BCUT2D eigenvalue weighted by Crippen LogP contribution is 1.66. The molecular weight excluding hydrogens is 103 g/mol. The summed E-state index contributed by atoms with van der Waals surface area (Å²) in [6, 6.07) is 0. The first-order valence-electron chi connectivity index (χ1n) is 2.69. The fraction of sp³-hybridized carbons (Fsp3) is 1.00. The standard InChI is InChI=1S/C4H12BN2O/c1-8-5-7-4-2-3-6/h7H,2-4,6H2,1H3. The van der Waals surface area contributed by atoms with Crippen LogP contribution >= 0.6 is 0 Å². The van der Waals surface area contributed by atoms with E-state index < -0.39 is 0 Å². The van der Waals surface area contributed by atoms with Crippen molar-refractivity contribution in [3.05, 3.63) is 0 Å². The van der Waals surface area contributed by atoms with Crippen LogP contribution < -0.4 is 11.0 Å². The highest BCUT2D eigenvalue weighted by molar-refractivity contribution is 6.23. The summed E-state index contributed by atoms with van der Waals surface area (Å²) in [5, 5.41) is 2.91. The first kappa shape index (κ1) is 7.94. The van der Waals surface area contributed by atoms with Gasteiger partial charge in [-0.25, -0.2) is 0 Å². The molecule has 0 amide bonds. The average Bonchev–Trinajstić information content (AvgIpc) is 1.81. The highest BCUT2D eigenvalue weighted by atomic mass is 16.4. The van der Waals surface area contributed by atoms with E-state index in [9.17, 15) is 0 Å². The zero-order chi connectivity index (χ0) is 6.24. The summed E-state index contributed by atoms with van der Waals surface area (Å²) in [4.78, 5) is 0. The molecule has 0 unspecified atom stereocenters. The van der Waals surface area contributed by atoms with E-state index in [1.54, 1.807) is 14.7 Å². The van der Waals surface area contributed by atoms with Crippen LogP contribution in [0.4, 0.5) is 0 Å². The Labute approximate surface area is 50.9 Å². The summed E-state index contributed by atoms with van der Waals surface area (Å²) in [6.45, 7) is 1.62. The molecule has 8 heavy (non-hydrogen) atoms. The minimum Gasteiger partial charge on any atom is -0.427 e. The van der Waals surface area contributed by atoms with Crippen LogP contribution in [0.25, 0.3) is 0 Å². The Bertz CT molecular complexity index is 39.0. The zero-order valence-electron chi connectivity index (χ0n) is 5.18. The maximum atomic E-state index is 5.22. The summed E-state index contributed by atoms with van der Waals surface area (Å²) in [5.74, 6) is 0. The molecular formula is C4H12BN2O. The molecule has 0 spiro atoms. The fourth-order valence-electron chi connectivity index (χ4n) is 0.346. The lowest BCUT2D eigenvalue weighted by atomic mass is 10.2. The van der Waals surface area contributed by atoms with Gasteiger partial charge < -0.3 is 15.6 Å². The van der Waals surface area contributed by atoms with Crippen LogP contribution in [0, 0.1) is 0 Å². The van der Waals surface area contributed by atoms with Crippen LogP contribution in [0.1, 0.15) is 6.42 Å². The molecule has 0 rings (SSSR count). The third kappa shape index (κ3) is 5.94. The summed E-state index contributed by atoms with van der Waals surface area (Å²) in [5.41, 5.74) is 5.22. The molecule has 0 heterocycles. The lowest BCUT2D eigenvalue weighted by molar-refractivity contribution is 0.430. The molecule has 0 aliphatic carbocycles. The van der Waals surface area contributed by atoms with Crippen molar-refractivity contribution in [2.24, 2.45) is 5.73 Å². The fourth-order valence-corrected chi connectivity index (χ4v) is 0.346. The summed E-state index contributed by atoms with van der Waals surface area (Å²) >= 11 is 0. The maximum absolute atomic E-state index is 5.22. The number of rotatable bonds is 5. The molecule has 3 nitrogen and oxygen atoms in total. The van der Waals surface area contributed by atoms with Crippen molar-refractivity contribution in [3.8, 4) is 0 Å². The number of nitrogens with two attached hydrogens (primary N) is 1. The van der Waals surface area contributed by atoms with Gasteiger partial charge in [0.2, 0.25) is 0 Å². The molecule has 0 aliphatic heterocycles. The van der Waals surface area contributed by atoms with E-state index >= 15 is 0 Å². The van der Waals surface area contributed by atoms with Crippen molar-refractivity contribution >= 4 is 7.62 Å². The number of hydrogen-bond donors (Lipinski definition) is 2. The molecule has 0 aromatic heterocycles. The first-order valence-corrected chi connectivity index (χ1v) is 2.69. The Morgan fingerprint density at radius 2 is 2.50 bits per heavy atom. The van der Waals surface area contributed by atoms with E-state index in [-0.39, 0.29) is 0 Å². The molecule has 0 saturated carbocycles. The van der Waals surface area contributed by atoms with Crippen molar-refractivity contribution in [3.63, 3.8) is 0 Å². The van der Waals surface area contributed by atoms with Crippen LogP contribution in [0.3, 0.4) is 0 Å². The molecule has 0 aliphatic rings. The zero-order valence-corrected chi connectivity index (χ0v) is 5.18. The maximum Gasteiger partial charge on any atom is 0.395 e. The predicted octanol–water partition coefficient (Wildman–Crippen LogP) is -0.895.